The summed E-state index contributed by atoms with van der Waals surface area (Å²) in [6.07, 6.45) is 11.7. The van der Waals surface area contributed by atoms with E-state index in [0.717, 1.165) is 11.5 Å². The molecule has 0 aromatic heterocycles. The highest BCUT2D eigenvalue weighted by Crippen LogP contribution is 2.46. The number of hydrogen-bond donors (Lipinski definition) is 1. The molecule has 0 bridgehead atoms. The first-order valence-corrected chi connectivity index (χ1v) is 6.08. The molecule has 1 saturated heterocycles. The quantitative estimate of drug-likeness (QED) is 0.690. The average molecular weight is 181 g/mol. The maximum Gasteiger partial charge on any atom is 0.00722 e. The number of piperidine rings is 1. The summed E-state index contributed by atoms with van der Waals surface area (Å²) in [7, 11) is 0. The third-order valence-electron chi connectivity index (χ3n) is 4.07. The van der Waals surface area contributed by atoms with Crippen molar-refractivity contribution < 1.29 is 0 Å². The molecule has 2 aliphatic rings. The van der Waals surface area contributed by atoms with Gasteiger partial charge in [-0.25, -0.2) is 0 Å². The lowest BCUT2D eigenvalue weighted by atomic mass is 9.74. The van der Waals surface area contributed by atoms with Crippen molar-refractivity contribution in [3.05, 3.63) is 0 Å². The van der Waals surface area contributed by atoms with Gasteiger partial charge in [0.05, 0.1) is 0 Å². The van der Waals surface area contributed by atoms with Crippen LogP contribution in [0.3, 0.4) is 0 Å². The van der Waals surface area contributed by atoms with Crippen LogP contribution in [0.5, 0.6) is 0 Å². The largest absolute Gasteiger partial charge is 0.314 e. The Labute approximate surface area is 82.3 Å². The van der Waals surface area contributed by atoms with E-state index in [1.54, 1.807) is 0 Å². The average Bonchev–Trinajstić information content (AvgIpc) is 2.54. The van der Waals surface area contributed by atoms with Gasteiger partial charge in [0.15, 0.2) is 0 Å². The van der Waals surface area contributed by atoms with Gasteiger partial charge < -0.3 is 5.32 Å². The summed E-state index contributed by atoms with van der Waals surface area (Å²) in [5, 5.41) is 3.67. The highest BCUT2D eigenvalue weighted by Gasteiger charge is 2.37. The molecule has 0 radical (unpaired) electrons. The Morgan fingerprint density at radius 1 is 1.23 bits per heavy atom. The zero-order valence-electron chi connectivity index (χ0n) is 8.94. The molecule has 1 saturated carbocycles. The van der Waals surface area contributed by atoms with E-state index in [2.05, 4.69) is 12.2 Å². The van der Waals surface area contributed by atoms with Crippen molar-refractivity contribution in [3.63, 3.8) is 0 Å². The lowest BCUT2D eigenvalue weighted by Crippen LogP contribution is -2.42. The molecular formula is C12H23N. The van der Waals surface area contributed by atoms with E-state index in [4.69, 9.17) is 0 Å². The molecule has 0 amide bonds. The predicted molar refractivity (Wildman–Crippen MR) is 56.8 cm³/mol. The maximum atomic E-state index is 3.67. The molecule has 76 valence electrons. The maximum absolute atomic E-state index is 3.67. The summed E-state index contributed by atoms with van der Waals surface area (Å²) in [4.78, 5) is 0. The summed E-state index contributed by atoms with van der Waals surface area (Å²) >= 11 is 0. The highest BCUT2D eigenvalue weighted by molar-refractivity contribution is 4.92. The van der Waals surface area contributed by atoms with Crippen LogP contribution < -0.4 is 5.32 Å². The molecule has 1 unspecified atom stereocenters. The van der Waals surface area contributed by atoms with Gasteiger partial charge in [-0.2, -0.15) is 0 Å². The van der Waals surface area contributed by atoms with Gasteiger partial charge in [-0.05, 0) is 44.1 Å². The molecular weight excluding hydrogens is 158 g/mol. The summed E-state index contributed by atoms with van der Waals surface area (Å²) in [5.74, 6) is 0. The van der Waals surface area contributed by atoms with Crippen molar-refractivity contribution in [2.75, 3.05) is 6.54 Å². The zero-order valence-corrected chi connectivity index (χ0v) is 8.94. The van der Waals surface area contributed by atoms with E-state index in [0.29, 0.717) is 0 Å². The molecule has 1 N–H and O–H groups in total. The van der Waals surface area contributed by atoms with Gasteiger partial charge in [-0.3, -0.25) is 0 Å². The third kappa shape index (κ3) is 2.07. The first-order valence-electron chi connectivity index (χ1n) is 6.08. The van der Waals surface area contributed by atoms with Gasteiger partial charge in [0.2, 0.25) is 0 Å². The molecule has 2 fully saturated rings. The topological polar surface area (TPSA) is 12.0 Å². The van der Waals surface area contributed by atoms with Gasteiger partial charge in [0.1, 0.15) is 0 Å². The highest BCUT2D eigenvalue weighted by atomic mass is 14.9. The monoisotopic (exact) mass is 181 g/mol. The Bertz CT molecular complexity index is 157. The molecule has 1 nitrogen and oxygen atoms in total. The molecule has 1 atom stereocenters. The third-order valence-corrected chi connectivity index (χ3v) is 4.07. The number of rotatable bonds is 2. The normalized spacial score (nSPS) is 32.5. The van der Waals surface area contributed by atoms with Crippen LogP contribution in [0, 0.1) is 5.41 Å². The SMILES string of the molecule is CCCC1CC2(CCCC2)CCN1. The van der Waals surface area contributed by atoms with E-state index in [1.165, 1.54) is 57.9 Å². The molecule has 2 rings (SSSR count). The van der Waals surface area contributed by atoms with Crippen molar-refractivity contribution in [2.45, 2.75) is 64.3 Å². The Morgan fingerprint density at radius 2 is 2.00 bits per heavy atom. The van der Waals surface area contributed by atoms with Crippen LogP contribution >= 0.6 is 0 Å². The first-order chi connectivity index (χ1) is 6.35. The van der Waals surface area contributed by atoms with Crippen LogP contribution in [0.4, 0.5) is 0 Å². The fourth-order valence-electron chi connectivity index (χ4n) is 3.37. The second-order valence-electron chi connectivity index (χ2n) is 5.10. The van der Waals surface area contributed by atoms with Gasteiger partial charge in [0, 0.05) is 6.04 Å². The Morgan fingerprint density at radius 3 is 2.69 bits per heavy atom. The van der Waals surface area contributed by atoms with Gasteiger partial charge in [-0.1, -0.05) is 26.2 Å². The molecule has 1 spiro atoms. The summed E-state index contributed by atoms with van der Waals surface area (Å²) in [6, 6.07) is 0.844. The van der Waals surface area contributed by atoms with E-state index < -0.39 is 0 Å². The second-order valence-corrected chi connectivity index (χ2v) is 5.10. The minimum atomic E-state index is 0.783. The first kappa shape index (κ1) is 9.51. The summed E-state index contributed by atoms with van der Waals surface area (Å²) in [6.45, 7) is 3.59. The molecule has 1 aliphatic carbocycles. The van der Waals surface area contributed by atoms with E-state index in [9.17, 15) is 0 Å². The van der Waals surface area contributed by atoms with Crippen molar-refractivity contribution in [1.29, 1.82) is 0 Å². The van der Waals surface area contributed by atoms with Crippen molar-refractivity contribution >= 4 is 0 Å². The van der Waals surface area contributed by atoms with Crippen LogP contribution in [0.25, 0.3) is 0 Å². The van der Waals surface area contributed by atoms with Gasteiger partial charge in [-0.15, -0.1) is 0 Å². The lowest BCUT2D eigenvalue weighted by molar-refractivity contribution is 0.164. The minimum absolute atomic E-state index is 0.783. The number of nitrogens with one attached hydrogen (secondary N) is 1. The van der Waals surface area contributed by atoms with Crippen molar-refractivity contribution in [1.82, 2.24) is 5.32 Å². The van der Waals surface area contributed by atoms with Crippen LogP contribution in [-0.4, -0.2) is 12.6 Å². The zero-order chi connectivity index (χ0) is 9.15. The standard InChI is InChI=1S/C12H23N/c1-2-5-11-10-12(8-9-13-11)6-3-4-7-12/h11,13H,2-10H2,1H3. The Balaban J connectivity index is 1.90. The second kappa shape index (κ2) is 4.00. The van der Waals surface area contributed by atoms with E-state index in [1.807, 2.05) is 0 Å². The van der Waals surface area contributed by atoms with Crippen LogP contribution in [0.1, 0.15) is 58.3 Å². The number of hydrogen-bond acceptors (Lipinski definition) is 1. The Kier molecular flexibility index (Phi) is 2.92. The predicted octanol–water partition coefficient (Wildman–Crippen LogP) is 3.10. The van der Waals surface area contributed by atoms with Gasteiger partial charge in [0.25, 0.3) is 0 Å². The molecule has 0 aromatic carbocycles. The van der Waals surface area contributed by atoms with E-state index >= 15 is 0 Å². The fourth-order valence-corrected chi connectivity index (χ4v) is 3.37. The van der Waals surface area contributed by atoms with Crippen molar-refractivity contribution in [2.24, 2.45) is 5.41 Å². The molecule has 13 heavy (non-hydrogen) atoms. The fraction of sp³-hybridized carbons (Fsp3) is 1.00. The lowest BCUT2D eigenvalue weighted by Gasteiger charge is -2.39. The van der Waals surface area contributed by atoms with Crippen molar-refractivity contribution in [3.8, 4) is 0 Å². The summed E-state index contributed by atoms with van der Waals surface area (Å²) < 4.78 is 0. The van der Waals surface area contributed by atoms with E-state index in [-0.39, 0.29) is 0 Å². The molecule has 1 heteroatoms. The van der Waals surface area contributed by atoms with Crippen LogP contribution in [-0.2, 0) is 0 Å². The molecule has 0 aromatic rings. The molecule has 1 heterocycles. The van der Waals surface area contributed by atoms with Crippen LogP contribution in [0.15, 0.2) is 0 Å². The molecule has 1 aliphatic heterocycles. The smallest absolute Gasteiger partial charge is 0.00722 e. The minimum Gasteiger partial charge on any atom is -0.314 e. The van der Waals surface area contributed by atoms with Crippen LogP contribution in [0.2, 0.25) is 0 Å². The Hall–Kier alpha value is -0.0400. The van der Waals surface area contributed by atoms with Gasteiger partial charge >= 0.3 is 0 Å². The summed E-state index contributed by atoms with van der Waals surface area (Å²) in [5.41, 5.74) is 0.783.